The predicted molar refractivity (Wildman–Crippen MR) is 116 cm³/mol. The van der Waals surface area contributed by atoms with Crippen molar-refractivity contribution in [3.05, 3.63) is 65.9 Å². The third-order valence-corrected chi connectivity index (χ3v) is 5.51. The van der Waals surface area contributed by atoms with Gasteiger partial charge in [-0.25, -0.2) is 0 Å². The van der Waals surface area contributed by atoms with E-state index in [1.807, 2.05) is 28.9 Å². The van der Waals surface area contributed by atoms with Crippen LogP contribution < -0.4 is 9.47 Å². The number of benzene rings is 2. The number of nitrogens with zero attached hydrogens (tertiary/aromatic N) is 3. The maximum Gasteiger partial charge on any atom is 0.231 e. The van der Waals surface area contributed by atoms with Gasteiger partial charge in [0.05, 0.1) is 38.2 Å². The fourth-order valence-corrected chi connectivity index (χ4v) is 4.06. The molecule has 0 bridgehead atoms. The molecule has 1 saturated heterocycles. The maximum atomic E-state index is 5.82. The Bertz CT molecular complexity index is 1010. The number of fused-ring (bicyclic) bond motifs is 1. The minimum atomic E-state index is 0.104. The van der Waals surface area contributed by atoms with E-state index in [4.69, 9.17) is 24.0 Å². The minimum absolute atomic E-state index is 0.104. The molecule has 3 heterocycles. The van der Waals surface area contributed by atoms with Crippen LogP contribution in [0, 0.1) is 0 Å². The summed E-state index contributed by atoms with van der Waals surface area (Å²) in [7, 11) is 2.11. The van der Waals surface area contributed by atoms with Gasteiger partial charge in [-0.3, -0.25) is 9.58 Å². The molecule has 0 aliphatic carbocycles. The summed E-state index contributed by atoms with van der Waals surface area (Å²) in [6.45, 7) is 4.55. The van der Waals surface area contributed by atoms with Crippen molar-refractivity contribution in [2.24, 2.45) is 0 Å². The zero-order valence-electron chi connectivity index (χ0n) is 17.7. The van der Waals surface area contributed by atoms with Crippen LogP contribution >= 0.6 is 0 Å². The van der Waals surface area contributed by atoms with Crippen molar-refractivity contribution in [2.45, 2.75) is 19.2 Å². The Balaban J connectivity index is 1.40. The van der Waals surface area contributed by atoms with Crippen LogP contribution in [0.5, 0.6) is 11.5 Å². The first-order valence-corrected chi connectivity index (χ1v) is 10.6. The lowest BCUT2D eigenvalue weighted by atomic mass is 10.1. The van der Waals surface area contributed by atoms with E-state index in [2.05, 4.69) is 42.4 Å². The number of likely N-dealkylation sites (N-methyl/N-ethyl adjacent to an activating group) is 1. The van der Waals surface area contributed by atoms with E-state index >= 15 is 0 Å². The van der Waals surface area contributed by atoms with E-state index in [1.165, 1.54) is 5.56 Å². The summed E-state index contributed by atoms with van der Waals surface area (Å²) < 4.78 is 24.4. The van der Waals surface area contributed by atoms with Crippen molar-refractivity contribution in [1.29, 1.82) is 0 Å². The summed E-state index contributed by atoms with van der Waals surface area (Å²) in [4.78, 5) is 2.26. The molecular formula is C24H27N3O4. The van der Waals surface area contributed by atoms with Crippen LogP contribution in [0.3, 0.4) is 0 Å². The highest BCUT2D eigenvalue weighted by Crippen LogP contribution is 2.36. The van der Waals surface area contributed by atoms with Gasteiger partial charge in [0.15, 0.2) is 11.5 Å². The first-order valence-electron chi connectivity index (χ1n) is 10.6. The van der Waals surface area contributed by atoms with Gasteiger partial charge in [0.25, 0.3) is 0 Å². The molecule has 7 nitrogen and oxygen atoms in total. The van der Waals surface area contributed by atoms with Crippen molar-refractivity contribution in [1.82, 2.24) is 14.7 Å². The molecule has 5 rings (SSSR count). The van der Waals surface area contributed by atoms with Gasteiger partial charge in [-0.2, -0.15) is 5.10 Å². The quantitative estimate of drug-likeness (QED) is 0.584. The van der Waals surface area contributed by atoms with Crippen LogP contribution in [0.15, 0.2) is 54.7 Å². The minimum Gasteiger partial charge on any atom is -0.454 e. The lowest BCUT2D eigenvalue weighted by molar-refractivity contribution is -0.0962. The standard InChI is InChI=1S/C24H27N3O4/c1-26(15-21-16-28-9-10-29-21)13-20-14-27(12-18-5-3-2-4-6-18)25-24(20)19-7-8-22-23(11-19)31-17-30-22/h2-8,11,14,21H,9-10,12-13,15-17H2,1H3/t21-/m1/s1. The van der Waals surface area contributed by atoms with Crippen molar-refractivity contribution >= 4 is 0 Å². The molecule has 31 heavy (non-hydrogen) atoms. The topological polar surface area (TPSA) is 58.0 Å². The smallest absolute Gasteiger partial charge is 0.231 e. The van der Waals surface area contributed by atoms with Crippen molar-refractivity contribution in [3.8, 4) is 22.8 Å². The maximum absolute atomic E-state index is 5.82. The number of aromatic nitrogens is 2. The molecule has 0 saturated carbocycles. The van der Waals surface area contributed by atoms with Crippen molar-refractivity contribution in [2.75, 3.05) is 40.2 Å². The second kappa shape index (κ2) is 9.09. The molecule has 3 aromatic rings. The molecule has 1 aromatic heterocycles. The van der Waals surface area contributed by atoms with Crippen LogP contribution in [-0.4, -0.2) is 61.0 Å². The zero-order chi connectivity index (χ0) is 21.0. The van der Waals surface area contributed by atoms with Crippen LogP contribution in [0.25, 0.3) is 11.3 Å². The van der Waals surface area contributed by atoms with E-state index in [0.717, 1.165) is 48.0 Å². The van der Waals surface area contributed by atoms with E-state index in [-0.39, 0.29) is 12.9 Å². The zero-order valence-corrected chi connectivity index (χ0v) is 17.7. The van der Waals surface area contributed by atoms with Gasteiger partial charge in [-0.05, 0) is 30.8 Å². The molecule has 0 amide bonds. The predicted octanol–water partition coefficient (Wildman–Crippen LogP) is 3.17. The van der Waals surface area contributed by atoms with Crippen LogP contribution in [0.1, 0.15) is 11.1 Å². The first kappa shape index (κ1) is 20.1. The Morgan fingerprint density at radius 2 is 1.94 bits per heavy atom. The lowest BCUT2D eigenvalue weighted by Crippen LogP contribution is -2.38. The molecule has 1 atom stereocenters. The van der Waals surface area contributed by atoms with Crippen LogP contribution in [0.2, 0.25) is 0 Å². The fraction of sp³-hybridized carbons (Fsp3) is 0.375. The molecular weight excluding hydrogens is 394 g/mol. The molecule has 2 aliphatic heterocycles. The van der Waals surface area contributed by atoms with Gasteiger partial charge in [0.1, 0.15) is 0 Å². The molecule has 2 aliphatic rings. The average molecular weight is 421 g/mol. The number of hydrogen-bond acceptors (Lipinski definition) is 6. The Kier molecular flexibility index (Phi) is 5.88. The van der Waals surface area contributed by atoms with E-state index in [0.29, 0.717) is 19.8 Å². The Morgan fingerprint density at radius 3 is 2.77 bits per heavy atom. The second-order valence-corrected chi connectivity index (χ2v) is 8.02. The van der Waals surface area contributed by atoms with Gasteiger partial charge in [0, 0.05) is 30.4 Å². The molecule has 7 heteroatoms. The average Bonchev–Trinajstić information content (AvgIpc) is 3.41. The molecule has 0 unspecified atom stereocenters. The van der Waals surface area contributed by atoms with E-state index < -0.39 is 0 Å². The van der Waals surface area contributed by atoms with Gasteiger partial charge in [-0.1, -0.05) is 30.3 Å². The van der Waals surface area contributed by atoms with E-state index in [9.17, 15) is 0 Å². The molecule has 162 valence electrons. The first-order chi connectivity index (χ1) is 15.2. The van der Waals surface area contributed by atoms with Gasteiger partial charge in [-0.15, -0.1) is 0 Å². The SMILES string of the molecule is CN(Cc1cn(Cc2ccccc2)nc1-c1ccc2c(c1)OCO2)C[C@@H]1COCCO1. The lowest BCUT2D eigenvalue weighted by Gasteiger charge is -2.27. The molecule has 0 N–H and O–H groups in total. The summed E-state index contributed by atoms with van der Waals surface area (Å²) in [6.07, 6.45) is 2.24. The highest BCUT2D eigenvalue weighted by molar-refractivity contribution is 5.67. The van der Waals surface area contributed by atoms with Crippen molar-refractivity contribution in [3.63, 3.8) is 0 Å². The number of hydrogen-bond donors (Lipinski definition) is 0. The Labute approximate surface area is 182 Å². The summed E-state index contributed by atoms with van der Waals surface area (Å²) in [5, 5.41) is 4.94. The molecule has 0 radical (unpaired) electrons. The van der Waals surface area contributed by atoms with E-state index in [1.54, 1.807) is 0 Å². The molecule has 0 spiro atoms. The number of rotatable bonds is 7. The third-order valence-electron chi connectivity index (χ3n) is 5.51. The van der Waals surface area contributed by atoms with Crippen LogP contribution in [-0.2, 0) is 22.6 Å². The second-order valence-electron chi connectivity index (χ2n) is 8.02. The monoisotopic (exact) mass is 421 g/mol. The summed E-state index contributed by atoms with van der Waals surface area (Å²) in [5.74, 6) is 1.54. The highest BCUT2D eigenvalue weighted by atomic mass is 16.7. The van der Waals surface area contributed by atoms with Crippen LogP contribution in [0.4, 0.5) is 0 Å². The fourth-order valence-electron chi connectivity index (χ4n) is 4.06. The van der Waals surface area contributed by atoms with Gasteiger partial charge >= 0.3 is 0 Å². The van der Waals surface area contributed by atoms with Crippen molar-refractivity contribution < 1.29 is 18.9 Å². The van der Waals surface area contributed by atoms with Gasteiger partial charge < -0.3 is 18.9 Å². The summed E-state index contributed by atoms with van der Waals surface area (Å²) >= 11 is 0. The molecule has 2 aromatic carbocycles. The summed E-state index contributed by atoms with van der Waals surface area (Å²) in [6, 6.07) is 16.4. The normalized spacial score (nSPS) is 17.9. The molecule has 1 fully saturated rings. The van der Waals surface area contributed by atoms with Gasteiger partial charge in [0.2, 0.25) is 6.79 Å². The number of ether oxygens (including phenoxy) is 4. The Hall–Kier alpha value is -2.87. The third kappa shape index (κ3) is 4.74. The Morgan fingerprint density at radius 1 is 1.06 bits per heavy atom. The highest BCUT2D eigenvalue weighted by Gasteiger charge is 2.21. The largest absolute Gasteiger partial charge is 0.454 e. The summed E-state index contributed by atoms with van der Waals surface area (Å²) in [5.41, 5.74) is 4.36.